The van der Waals surface area contributed by atoms with E-state index < -0.39 is 41.4 Å². The van der Waals surface area contributed by atoms with Gasteiger partial charge in [0.2, 0.25) is 11.8 Å². The number of imide groups is 1. The molecule has 3 N–H and O–H groups in total. The molecule has 8 heterocycles. The van der Waals surface area contributed by atoms with Crippen LogP contribution in [-0.4, -0.2) is 135 Å². The lowest BCUT2D eigenvalue weighted by Crippen LogP contribution is -2.52. The molecule has 2 bridgehead atoms. The van der Waals surface area contributed by atoms with Crippen molar-refractivity contribution in [3.63, 3.8) is 0 Å². The number of aromatic nitrogens is 3. The summed E-state index contributed by atoms with van der Waals surface area (Å²) in [6.45, 7) is 7.20. The lowest BCUT2D eigenvalue weighted by Gasteiger charge is -2.35. The number of nitrogens with one attached hydrogen (secondary N) is 2. The van der Waals surface area contributed by atoms with Crippen LogP contribution in [0.2, 0.25) is 0 Å². The number of carbonyl (C=O) groups is 4. The Labute approximate surface area is 413 Å². The number of anilines is 1. The molecule has 17 nitrogen and oxygen atoms in total. The zero-order valence-electron chi connectivity index (χ0n) is 39.7. The zero-order chi connectivity index (χ0) is 50.0. The largest absolute Gasteiger partial charge is 0.508 e. The normalized spacial score (nSPS) is 23.6. The van der Waals surface area contributed by atoms with Crippen LogP contribution in [0.5, 0.6) is 17.5 Å². The molecule has 0 radical (unpaired) electrons. The van der Waals surface area contributed by atoms with Crippen molar-refractivity contribution in [3.8, 4) is 41.1 Å². The van der Waals surface area contributed by atoms with Crippen molar-refractivity contribution in [2.45, 2.75) is 94.2 Å². The van der Waals surface area contributed by atoms with Gasteiger partial charge in [-0.2, -0.15) is 9.97 Å². The van der Waals surface area contributed by atoms with Gasteiger partial charge in [0.05, 0.1) is 23.1 Å². The van der Waals surface area contributed by atoms with E-state index in [2.05, 4.69) is 42.9 Å². The molecular formula is C53H53F2N9O8. The van der Waals surface area contributed by atoms with Crippen LogP contribution in [0.15, 0.2) is 60.8 Å². The monoisotopic (exact) mass is 981 g/mol. The molecule has 6 aliphatic rings. The van der Waals surface area contributed by atoms with Crippen molar-refractivity contribution in [1.82, 2.24) is 40.3 Å². The summed E-state index contributed by atoms with van der Waals surface area (Å²) in [6, 6.07) is 10.4. The summed E-state index contributed by atoms with van der Waals surface area (Å²) in [5.41, 5.74) is 1.42. The minimum absolute atomic E-state index is 0.0470. The summed E-state index contributed by atoms with van der Waals surface area (Å²) in [7, 11) is 1.69. The summed E-state index contributed by atoms with van der Waals surface area (Å²) in [5, 5.41) is 17.7. The number of hydrogen-bond acceptors (Lipinski definition) is 14. The lowest BCUT2D eigenvalue weighted by molar-refractivity contribution is -0.136. The summed E-state index contributed by atoms with van der Waals surface area (Å²) in [4.78, 5) is 72.1. The number of unbranched alkanes of at least 4 members (excludes halogenated alkanes) is 1. The first-order valence-electron chi connectivity index (χ1n) is 24.4. The van der Waals surface area contributed by atoms with Gasteiger partial charge in [0.15, 0.2) is 12.0 Å². The average Bonchev–Trinajstić information content (AvgIpc) is 4.09. The molecule has 72 heavy (non-hydrogen) atoms. The number of hydrogen-bond donors (Lipinski definition) is 3. The van der Waals surface area contributed by atoms with Crippen molar-refractivity contribution >= 4 is 51.3 Å². The second-order valence-electron chi connectivity index (χ2n) is 19.9. The summed E-state index contributed by atoms with van der Waals surface area (Å²) < 4.78 is 51.0. The van der Waals surface area contributed by atoms with E-state index in [1.807, 2.05) is 0 Å². The number of terminal acetylenes is 1. The van der Waals surface area contributed by atoms with Crippen molar-refractivity contribution in [2.24, 2.45) is 0 Å². The second-order valence-corrected chi connectivity index (χ2v) is 19.9. The van der Waals surface area contributed by atoms with Gasteiger partial charge in [0.25, 0.3) is 5.91 Å². The van der Waals surface area contributed by atoms with Crippen molar-refractivity contribution < 1.29 is 47.3 Å². The predicted molar refractivity (Wildman–Crippen MR) is 260 cm³/mol. The Morgan fingerprint density at radius 1 is 1.01 bits per heavy atom. The molecule has 6 aliphatic heterocycles. The third kappa shape index (κ3) is 8.55. The number of benzene rings is 3. The maximum absolute atomic E-state index is 17.2. The maximum Gasteiger partial charge on any atom is 0.411 e. The first kappa shape index (κ1) is 46.9. The number of piperazine rings is 1. The van der Waals surface area contributed by atoms with Gasteiger partial charge in [-0.05, 0) is 92.3 Å². The van der Waals surface area contributed by atoms with Gasteiger partial charge < -0.3 is 39.3 Å². The Morgan fingerprint density at radius 3 is 2.62 bits per heavy atom. The SMILES string of the molecule is C#Cc1c(F)ccc2cc(O)cc(-c3ncc4c(N5C[C@H]6CC[C@@H](C5)N6)nc(OC[C@@]56CC[C@H](OC(=O)N(C)CCCCOc7ccc8c(c7)CN(C7CCC(=O)NC7=O)C8=O)N5CC(=C)C6)nc4c3F)c12. The van der Waals surface area contributed by atoms with E-state index in [4.69, 9.17) is 25.6 Å². The molecule has 2 aromatic heterocycles. The van der Waals surface area contributed by atoms with Crippen LogP contribution in [0, 0.1) is 24.0 Å². The van der Waals surface area contributed by atoms with Gasteiger partial charge in [0, 0.05) is 87.4 Å². The number of aromatic hydroxyl groups is 1. The highest BCUT2D eigenvalue weighted by Gasteiger charge is 2.53. The Kier molecular flexibility index (Phi) is 12.1. The smallest absolute Gasteiger partial charge is 0.411 e. The fraction of sp³-hybridized carbons (Fsp3) is 0.415. The number of rotatable bonds is 13. The lowest BCUT2D eigenvalue weighted by atomic mass is 9.94. The van der Waals surface area contributed by atoms with Crippen LogP contribution in [0.1, 0.15) is 79.3 Å². The molecule has 5 aromatic rings. The van der Waals surface area contributed by atoms with Crippen molar-refractivity contribution in [3.05, 3.63) is 89.1 Å². The van der Waals surface area contributed by atoms with Gasteiger partial charge in [-0.15, -0.1) is 6.42 Å². The maximum atomic E-state index is 17.2. The first-order chi connectivity index (χ1) is 34.7. The number of carbonyl (C=O) groups excluding carboxylic acids is 4. The Balaban J connectivity index is 0.750. The van der Waals surface area contributed by atoms with E-state index in [9.17, 15) is 24.3 Å². The zero-order valence-corrected chi connectivity index (χ0v) is 39.7. The number of amides is 4. The molecule has 4 amide bonds. The highest BCUT2D eigenvalue weighted by Crippen LogP contribution is 2.46. The van der Waals surface area contributed by atoms with Crippen LogP contribution in [-0.2, 0) is 20.9 Å². The number of phenols is 1. The quantitative estimate of drug-likeness (QED) is 0.0544. The molecule has 5 saturated heterocycles. The van der Waals surface area contributed by atoms with Crippen LogP contribution < -0.4 is 25.0 Å². The highest BCUT2D eigenvalue weighted by atomic mass is 19.1. The Bertz CT molecular complexity index is 3140. The minimum Gasteiger partial charge on any atom is -0.508 e. The standard InChI is InChI=1S/C53H53F2N9O8/c1-4-36-40(54)12-7-30-19-34(65)21-38(44(30)36)46-45(55)47-39(23-56-46)48(62-26-32-8-9-33(27-62)57-32)60-51(59-47)71-28-53-16-15-43(64(53)24-29(2)22-53)72-52(69)61(3)17-5-6-18-70-35-10-11-37-31(20-35)25-63(50(37)68)41-13-14-42(66)58-49(41)67/h1,7,10-12,19-21,23,32-33,41,43,57,65H,2,5-6,8-9,13-18,22,24-28H2,3H3,(H,58,66,67)/t32-,33+,41?,43-,53-/m0/s1. The molecule has 19 heteroatoms. The topological polar surface area (TPSA) is 192 Å². The third-order valence-corrected chi connectivity index (χ3v) is 15.1. The predicted octanol–water partition coefficient (Wildman–Crippen LogP) is 5.94. The molecule has 5 fully saturated rings. The molecule has 372 valence electrons. The number of halogens is 2. The summed E-state index contributed by atoms with van der Waals surface area (Å²) >= 11 is 0. The number of piperidine rings is 1. The van der Waals surface area contributed by atoms with E-state index in [1.54, 1.807) is 30.1 Å². The summed E-state index contributed by atoms with van der Waals surface area (Å²) in [5.74, 6) is 0.764. The van der Waals surface area contributed by atoms with Crippen molar-refractivity contribution in [2.75, 3.05) is 51.3 Å². The molecule has 5 atom stereocenters. The molecule has 0 spiro atoms. The fourth-order valence-electron chi connectivity index (χ4n) is 11.6. The average molecular weight is 982 g/mol. The van der Waals surface area contributed by atoms with Gasteiger partial charge in [-0.1, -0.05) is 24.1 Å². The van der Waals surface area contributed by atoms with Crippen LogP contribution in [0.25, 0.3) is 32.9 Å². The van der Waals surface area contributed by atoms with E-state index in [0.717, 1.165) is 24.0 Å². The molecule has 1 unspecified atom stereocenters. The van der Waals surface area contributed by atoms with Crippen LogP contribution in [0.4, 0.5) is 19.4 Å². The minimum atomic E-state index is -0.809. The van der Waals surface area contributed by atoms with Gasteiger partial charge >= 0.3 is 12.1 Å². The van der Waals surface area contributed by atoms with Gasteiger partial charge in [0.1, 0.15) is 47.0 Å². The molecular weight excluding hydrogens is 929 g/mol. The van der Waals surface area contributed by atoms with E-state index in [1.165, 1.54) is 35.4 Å². The Hall–Kier alpha value is -7.43. The Morgan fingerprint density at radius 2 is 1.83 bits per heavy atom. The van der Waals surface area contributed by atoms with E-state index in [-0.39, 0.29) is 89.4 Å². The fourth-order valence-corrected chi connectivity index (χ4v) is 11.6. The number of nitrogens with zero attached hydrogens (tertiary/aromatic N) is 7. The number of ether oxygens (including phenoxy) is 3. The second kappa shape index (κ2) is 18.6. The van der Waals surface area contributed by atoms with Gasteiger partial charge in [-0.3, -0.25) is 29.6 Å². The van der Waals surface area contributed by atoms with Crippen LogP contribution in [0.3, 0.4) is 0 Å². The summed E-state index contributed by atoms with van der Waals surface area (Å²) in [6.07, 6.45) is 11.8. The van der Waals surface area contributed by atoms with Crippen molar-refractivity contribution in [1.29, 1.82) is 0 Å². The number of phenolic OH excluding ortho intramolecular Hbond substituents is 1. The molecule has 0 saturated carbocycles. The van der Waals surface area contributed by atoms with E-state index in [0.29, 0.717) is 92.8 Å². The third-order valence-electron chi connectivity index (χ3n) is 15.1. The number of pyridine rings is 1. The number of fused-ring (bicyclic) bond motifs is 6. The molecule has 11 rings (SSSR count). The van der Waals surface area contributed by atoms with E-state index >= 15 is 8.78 Å². The molecule has 0 aliphatic carbocycles. The van der Waals surface area contributed by atoms with Gasteiger partial charge in [-0.25, -0.2) is 13.6 Å². The highest BCUT2D eigenvalue weighted by molar-refractivity contribution is 6.06. The first-order valence-corrected chi connectivity index (χ1v) is 24.4. The van der Waals surface area contributed by atoms with Crippen LogP contribution >= 0.6 is 0 Å². The molecule has 3 aromatic carbocycles.